The molecule has 0 aromatic carbocycles. The topological polar surface area (TPSA) is 237 Å². The number of aliphatic hydroxyl groups excluding tert-OH is 1. The molecule has 0 saturated heterocycles. The molecule has 5 atom stereocenters. The molecule has 0 aliphatic rings. The molecule has 612 valence electrons. The number of rotatable bonds is 83. The molecule has 0 aliphatic carbocycles. The van der Waals surface area contributed by atoms with Crippen LogP contribution in [0.1, 0.15) is 446 Å². The lowest BCUT2D eigenvalue weighted by Crippen LogP contribution is -2.30. The van der Waals surface area contributed by atoms with Crippen molar-refractivity contribution in [1.29, 1.82) is 0 Å². The van der Waals surface area contributed by atoms with Gasteiger partial charge in [-0.2, -0.15) is 0 Å². The fourth-order valence-corrected chi connectivity index (χ4v) is 14.6. The number of phosphoric ester groups is 2. The summed E-state index contributed by atoms with van der Waals surface area (Å²) in [5, 5.41) is 10.7. The van der Waals surface area contributed by atoms with Gasteiger partial charge in [-0.1, -0.05) is 395 Å². The van der Waals surface area contributed by atoms with E-state index in [9.17, 15) is 43.2 Å². The van der Waals surface area contributed by atoms with E-state index in [0.29, 0.717) is 25.7 Å². The molecule has 0 amide bonds. The van der Waals surface area contributed by atoms with Crippen molar-refractivity contribution in [2.75, 3.05) is 39.6 Å². The number of carbonyl (C=O) groups is 4. The van der Waals surface area contributed by atoms with E-state index in [4.69, 9.17) is 37.0 Å². The highest BCUT2D eigenvalue weighted by molar-refractivity contribution is 7.47. The van der Waals surface area contributed by atoms with Crippen LogP contribution in [0.4, 0.5) is 0 Å². The highest BCUT2D eigenvalue weighted by Crippen LogP contribution is 2.45. The number of phosphoric acid groups is 2. The van der Waals surface area contributed by atoms with E-state index in [2.05, 4.69) is 41.5 Å². The molecule has 0 fully saturated rings. The summed E-state index contributed by atoms with van der Waals surface area (Å²) in [5.74, 6) is -0.520. The zero-order valence-electron chi connectivity index (χ0n) is 67.6. The second kappa shape index (κ2) is 75.5. The van der Waals surface area contributed by atoms with Crippen molar-refractivity contribution < 1.29 is 80.2 Å². The van der Waals surface area contributed by atoms with E-state index < -0.39 is 97.5 Å². The molecule has 0 saturated carbocycles. The fraction of sp³-hybridized carbons (Fsp3) is 0.952. The van der Waals surface area contributed by atoms with Gasteiger partial charge < -0.3 is 33.8 Å². The van der Waals surface area contributed by atoms with Gasteiger partial charge in [0.05, 0.1) is 26.4 Å². The van der Waals surface area contributed by atoms with E-state index in [1.165, 1.54) is 263 Å². The Kier molecular flexibility index (Phi) is 74.1. The number of aliphatic hydroxyl groups is 1. The molecule has 0 aliphatic heterocycles. The number of carbonyl (C=O) groups excluding carboxylic acids is 4. The van der Waals surface area contributed by atoms with Gasteiger partial charge in [0.2, 0.25) is 0 Å². The number of hydrogen-bond acceptors (Lipinski definition) is 15. The molecule has 3 N–H and O–H groups in total. The Balaban J connectivity index is 5.20. The highest BCUT2D eigenvalue weighted by atomic mass is 31.2. The Bertz CT molecular complexity index is 1980. The SMILES string of the molecule is CCCCCCCCCCCCCCCCCCCCCC(=O)OC[C@H](COP(=O)(O)OC[C@@H](O)COP(=O)(O)OC[C@@H](COC(=O)CCCCCCCCCCC)OC(=O)CCCCCCCCCCCCCC(C)C)OC(=O)CCCCCCCCCCCCCCCCCCCCC(C)C. The molecule has 0 radical (unpaired) electrons. The summed E-state index contributed by atoms with van der Waals surface area (Å²) >= 11 is 0. The van der Waals surface area contributed by atoms with E-state index in [1.807, 2.05) is 0 Å². The van der Waals surface area contributed by atoms with Crippen molar-refractivity contribution in [3.63, 3.8) is 0 Å². The second-order valence-corrected chi connectivity index (χ2v) is 34.1. The molecule has 2 unspecified atom stereocenters. The monoisotopic (exact) mass is 1510 g/mol. The van der Waals surface area contributed by atoms with Gasteiger partial charge in [0.25, 0.3) is 0 Å². The van der Waals surface area contributed by atoms with Crippen LogP contribution < -0.4 is 0 Å². The molecule has 0 bridgehead atoms. The lowest BCUT2D eigenvalue weighted by Gasteiger charge is -2.21. The molecule has 0 aromatic heterocycles. The Morgan fingerprint density at radius 2 is 0.447 bits per heavy atom. The number of ether oxygens (including phenoxy) is 4. The van der Waals surface area contributed by atoms with Gasteiger partial charge in [-0.05, 0) is 37.5 Å². The molecule has 0 aromatic rings. The minimum Gasteiger partial charge on any atom is -0.462 e. The summed E-state index contributed by atoms with van der Waals surface area (Å²) in [4.78, 5) is 73.1. The maximum atomic E-state index is 13.1. The Morgan fingerprint density at radius 1 is 0.262 bits per heavy atom. The fourth-order valence-electron chi connectivity index (χ4n) is 13.1. The first-order valence-corrected chi connectivity index (χ1v) is 46.5. The first kappa shape index (κ1) is 101. The maximum Gasteiger partial charge on any atom is 0.472 e. The quantitative estimate of drug-likeness (QED) is 0.0222. The molecular weight excluding hydrogens is 1340 g/mol. The van der Waals surface area contributed by atoms with Crippen LogP contribution in [0.25, 0.3) is 0 Å². The van der Waals surface area contributed by atoms with Crippen LogP contribution in [0.15, 0.2) is 0 Å². The van der Waals surface area contributed by atoms with Crippen molar-refractivity contribution >= 4 is 39.5 Å². The van der Waals surface area contributed by atoms with Crippen molar-refractivity contribution in [3.8, 4) is 0 Å². The molecule has 17 nitrogen and oxygen atoms in total. The van der Waals surface area contributed by atoms with Crippen molar-refractivity contribution in [2.45, 2.75) is 464 Å². The lowest BCUT2D eigenvalue weighted by atomic mass is 10.0. The van der Waals surface area contributed by atoms with Gasteiger partial charge in [-0.15, -0.1) is 0 Å². The van der Waals surface area contributed by atoms with E-state index in [-0.39, 0.29) is 25.7 Å². The standard InChI is InChI=1S/C84H164O17P2/c1-7-9-11-13-15-17-18-19-20-21-22-26-29-32-37-43-49-55-61-67-82(87)95-73-80(101-83(88)68-62-56-50-44-38-33-30-27-24-23-25-28-31-35-41-46-52-58-64-76(3)4)75-99-103(92,93)97-71-78(85)70-96-102(90,91)98-74-79(72-94-81(86)66-60-54-48-40-16-14-12-10-8-2)100-84(89)69-63-57-51-45-39-34-36-42-47-53-59-65-77(5)6/h76-80,85H,7-75H2,1-6H3,(H,90,91)(H,92,93)/t78-,79+,80+/m0/s1. The predicted octanol–water partition coefficient (Wildman–Crippen LogP) is 25.5. The summed E-state index contributed by atoms with van der Waals surface area (Å²) in [6, 6.07) is 0. The Hall–Kier alpha value is -1.94. The molecule has 0 spiro atoms. The summed E-state index contributed by atoms with van der Waals surface area (Å²) in [6.07, 6.45) is 66.7. The minimum absolute atomic E-state index is 0.107. The van der Waals surface area contributed by atoms with Crippen LogP contribution >= 0.6 is 15.6 Å². The normalized spacial score (nSPS) is 13.9. The van der Waals surface area contributed by atoms with Crippen LogP contribution in [0.2, 0.25) is 0 Å². The third-order valence-corrected chi connectivity index (χ3v) is 21.6. The molecule has 19 heteroatoms. The number of hydrogen-bond donors (Lipinski definition) is 3. The summed E-state index contributed by atoms with van der Waals surface area (Å²) in [5.41, 5.74) is 0. The lowest BCUT2D eigenvalue weighted by molar-refractivity contribution is -0.161. The third-order valence-electron chi connectivity index (χ3n) is 19.7. The highest BCUT2D eigenvalue weighted by Gasteiger charge is 2.30. The van der Waals surface area contributed by atoms with Crippen LogP contribution in [0.3, 0.4) is 0 Å². The Morgan fingerprint density at radius 3 is 0.660 bits per heavy atom. The largest absolute Gasteiger partial charge is 0.472 e. The van der Waals surface area contributed by atoms with Crippen molar-refractivity contribution in [1.82, 2.24) is 0 Å². The minimum atomic E-state index is -4.96. The third kappa shape index (κ3) is 78.0. The summed E-state index contributed by atoms with van der Waals surface area (Å²) in [7, 11) is -9.92. The molecule has 0 heterocycles. The number of unbranched alkanes of at least 4 members (excludes halogenated alkanes) is 53. The zero-order chi connectivity index (χ0) is 75.6. The molecule has 103 heavy (non-hydrogen) atoms. The van der Waals surface area contributed by atoms with E-state index in [1.54, 1.807) is 0 Å². The van der Waals surface area contributed by atoms with Crippen molar-refractivity contribution in [3.05, 3.63) is 0 Å². The second-order valence-electron chi connectivity index (χ2n) is 31.2. The Labute approximate surface area is 632 Å². The maximum absolute atomic E-state index is 13.1. The number of esters is 4. The smallest absolute Gasteiger partial charge is 0.462 e. The zero-order valence-corrected chi connectivity index (χ0v) is 69.4. The molecule has 0 rings (SSSR count). The van der Waals surface area contributed by atoms with Gasteiger partial charge >= 0.3 is 39.5 Å². The van der Waals surface area contributed by atoms with Gasteiger partial charge in [-0.25, -0.2) is 9.13 Å². The van der Waals surface area contributed by atoms with Gasteiger partial charge in [0, 0.05) is 25.7 Å². The average Bonchev–Trinajstić information content (AvgIpc) is 0.923. The first-order chi connectivity index (χ1) is 49.9. The first-order valence-electron chi connectivity index (χ1n) is 43.5. The van der Waals surface area contributed by atoms with Gasteiger partial charge in [0.15, 0.2) is 12.2 Å². The van der Waals surface area contributed by atoms with Crippen LogP contribution in [-0.4, -0.2) is 96.7 Å². The van der Waals surface area contributed by atoms with E-state index >= 15 is 0 Å². The summed E-state index contributed by atoms with van der Waals surface area (Å²) in [6.45, 7) is 9.67. The van der Waals surface area contributed by atoms with Gasteiger partial charge in [-0.3, -0.25) is 37.3 Å². The van der Waals surface area contributed by atoms with Crippen LogP contribution in [-0.2, 0) is 65.4 Å². The predicted molar refractivity (Wildman–Crippen MR) is 423 cm³/mol. The summed E-state index contributed by atoms with van der Waals surface area (Å²) < 4.78 is 68.8. The van der Waals surface area contributed by atoms with Gasteiger partial charge in [0.1, 0.15) is 19.3 Å². The average molecular weight is 1510 g/mol. The van der Waals surface area contributed by atoms with Crippen molar-refractivity contribution in [2.24, 2.45) is 11.8 Å². The molecular formula is C84H164O17P2. The van der Waals surface area contributed by atoms with Crippen LogP contribution in [0, 0.1) is 11.8 Å². The van der Waals surface area contributed by atoms with Crippen LogP contribution in [0.5, 0.6) is 0 Å². The van der Waals surface area contributed by atoms with E-state index in [0.717, 1.165) is 102 Å².